The van der Waals surface area contributed by atoms with E-state index < -0.39 is 23.4 Å². The third kappa shape index (κ3) is 5.22. The van der Waals surface area contributed by atoms with Crippen LogP contribution in [0.5, 0.6) is 23.1 Å². The molecule has 3 aromatic rings. The van der Waals surface area contributed by atoms with Crippen LogP contribution in [0.3, 0.4) is 0 Å². The zero-order chi connectivity index (χ0) is 27.8. The second-order valence-corrected chi connectivity index (χ2v) is 10.5. The van der Waals surface area contributed by atoms with E-state index in [1.165, 1.54) is 40.0 Å². The predicted molar refractivity (Wildman–Crippen MR) is 146 cm³/mol. The molecule has 0 amide bonds. The van der Waals surface area contributed by atoms with Crippen molar-refractivity contribution in [2.24, 2.45) is 0 Å². The number of fused-ring (bicyclic) bond motifs is 3. The molecule has 0 bridgehead atoms. The number of carbonyl (C=O) groups is 1. The van der Waals surface area contributed by atoms with Crippen LogP contribution in [0.4, 0.5) is 0 Å². The van der Waals surface area contributed by atoms with Crippen molar-refractivity contribution in [3.05, 3.63) is 64.9 Å². The molecule has 0 fully saturated rings. The van der Waals surface area contributed by atoms with Crippen LogP contribution in [0.1, 0.15) is 69.3 Å². The molecule has 5 N–H and O–H groups in total. The Kier molecular flexibility index (Phi) is 7.47. The standard InChI is InChI=1S/C30H35NO7/c1-17(2)7-5-8-18(3)9-6-12-30(4)26(34)15-22-25(33)14-21-23(27(22)38-30)16-31(28(21)35)19-10-11-20(29(36)37)24(32)13-19/h7,9-11,13-14,16,26,32-35H,5-6,8,12,15H2,1-4H3,(H,36,37)/t26-,30-/m0/s1. The van der Waals surface area contributed by atoms with Gasteiger partial charge in [0.2, 0.25) is 5.88 Å². The predicted octanol–water partition coefficient (Wildman–Crippen LogP) is 5.97. The number of aliphatic hydroxyl groups excluding tert-OH is 1. The van der Waals surface area contributed by atoms with Crippen molar-refractivity contribution in [1.82, 2.24) is 4.57 Å². The fourth-order valence-corrected chi connectivity index (χ4v) is 4.92. The normalized spacial score (nSPS) is 19.2. The number of aromatic hydroxyl groups is 3. The van der Waals surface area contributed by atoms with Gasteiger partial charge in [0.05, 0.1) is 17.2 Å². The van der Waals surface area contributed by atoms with Crippen LogP contribution < -0.4 is 4.74 Å². The first-order valence-electron chi connectivity index (χ1n) is 12.7. The van der Waals surface area contributed by atoms with Crippen LogP contribution in [-0.4, -0.2) is 47.8 Å². The van der Waals surface area contributed by atoms with Crippen LogP contribution in [0.15, 0.2) is 53.8 Å². The van der Waals surface area contributed by atoms with E-state index >= 15 is 0 Å². The van der Waals surface area contributed by atoms with Crippen molar-refractivity contribution in [1.29, 1.82) is 0 Å². The summed E-state index contributed by atoms with van der Waals surface area (Å²) in [7, 11) is 0. The third-order valence-corrected chi connectivity index (χ3v) is 7.28. The molecule has 0 unspecified atom stereocenters. The molecule has 8 nitrogen and oxygen atoms in total. The molecule has 8 heteroatoms. The van der Waals surface area contributed by atoms with Crippen molar-refractivity contribution in [2.75, 3.05) is 0 Å². The lowest BCUT2D eigenvalue weighted by atomic mass is 9.84. The molecule has 2 aromatic carbocycles. The second kappa shape index (κ2) is 10.5. The number of aromatic nitrogens is 1. The Morgan fingerprint density at radius 3 is 2.47 bits per heavy atom. The number of phenols is 2. The SMILES string of the molecule is CC(C)=CCCC(C)=CCC[C@]1(C)Oc2c(c(O)cc3c(O)n(-c4ccc(C(=O)O)c(O)c4)cc23)C[C@@H]1O. The summed E-state index contributed by atoms with van der Waals surface area (Å²) in [5.41, 5.74) is 2.19. The number of carboxylic acids is 1. The fraction of sp³-hybridized carbons (Fsp3) is 0.367. The molecule has 38 heavy (non-hydrogen) atoms. The van der Waals surface area contributed by atoms with Crippen molar-refractivity contribution < 1.29 is 35.1 Å². The highest BCUT2D eigenvalue weighted by Crippen LogP contribution is 2.48. The van der Waals surface area contributed by atoms with E-state index in [2.05, 4.69) is 32.9 Å². The van der Waals surface area contributed by atoms with Crippen LogP contribution in [-0.2, 0) is 6.42 Å². The maximum atomic E-state index is 11.3. The van der Waals surface area contributed by atoms with Crippen LogP contribution in [0, 0.1) is 0 Å². The number of ether oxygens (including phenoxy) is 1. The molecule has 0 spiro atoms. The van der Waals surface area contributed by atoms with Gasteiger partial charge in [-0.15, -0.1) is 0 Å². The highest BCUT2D eigenvalue weighted by Gasteiger charge is 2.41. The topological polar surface area (TPSA) is 132 Å². The zero-order valence-electron chi connectivity index (χ0n) is 22.2. The number of carboxylic acid groups (broad SMARTS) is 1. The minimum absolute atomic E-state index is 0.0965. The average Bonchev–Trinajstić information content (AvgIpc) is 3.16. The Labute approximate surface area is 221 Å². The van der Waals surface area contributed by atoms with Gasteiger partial charge < -0.3 is 30.3 Å². The first kappa shape index (κ1) is 27.1. The van der Waals surface area contributed by atoms with Gasteiger partial charge in [-0.2, -0.15) is 0 Å². The molecule has 2 atom stereocenters. The summed E-state index contributed by atoms with van der Waals surface area (Å²) in [5, 5.41) is 52.9. The summed E-state index contributed by atoms with van der Waals surface area (Å²) in [6.45, 7) is 8.12. The lowest BCUT2D eigenvalue weighted by Gasteiger charge is -2.40. The number of hydrogen-bond donors (Lipinski definition) is 5. The molecular weight excluding hydrogens is 486 g/mol. The summed E-state index contributed by atoms with van der Waals surface area (Å²) in [4.78, 5) is 11.3. The van der Waals surface area contributed by atoms with Crippen LogP contribution >= 0.6 is 0 Å². The molecule has 0 aliphatic carbocycles. The van der Waals surface area contributed by atoms with Gasteiger partial charge in [0.1, 0.15) is 28.4 Å². The molecule has 1 aromatic heterocycles. The zero-order valence-corrected chi connectivity index (χ0v) is 22.2. The fourth-order valence-electron chi connectivity index (χ4n) is 4.92. The highest BCUT2D eigenvalue weighted by atomic mass is 16.5. The van der Waals surface area contributed by atoms with E-state index in [9.17, 15) is 30.3 Å². The van der Waals surface area contributed by atoms with Gasteiger partial charge in [0.25, 0.3) is 0 Å². The molecule has 202 valence electrons. The molecule has 1 aliphatic rings. The highest BCUT2D eigenvalue weighted by molar-refractivity contribution is 5.97. The van der Waals surface area contributed by atoms with Crippen molar-refractivity contribution in [3.63, 3.8) is 0 Å². The molecule has 0 radical (unpaired) electrons. The summed E-state index contributed by atoms with van der Waals surface area (Å²) in [5.74, 6) is -1.61. The van der Waals surface area contributed by atoms with E-state index in [4.69, 9.17) is 4.74 Å². The molecule has 2 heterocycles. The van der Waals surface area contributed by atoms with Gasteiger partial charge in [-0.1, -0.05) is 23.3 Å². The Balaban J connectivity index is 1.65. The van der Waals surface area contributed by atoms with Gasteiger partial charge in [-0.25, -0.2) is 4.79 Å². The number of aliphatic hydroxyl groups is 1. The minimum atomic E-state index is -1.26. The van der Waals surface area contributed by atoms with E-state index in [-0.39, 0.29) is 23.6 Å². The molecular formula is C30H35NO7. The lowest BCUT2D eigenvalue weighted by Crippen LogP contribution is -2.48. The number of hydrogen-bond acceptors (Lipinski definition) is 6. The third-order valence-electron chi connectivity index (χ3n) is 7.28. The van der Waals surface area contributed by atoms with Gasteiger partial charge in [-0.3, -0.25) is 4.57 Å². The average molecular weight is 522 g/mol. The molecule has 0 saturated heterocycles. The summed E-state index contributed by atoms with van der Waals surface area (Å²) >= 11 is 0. The summed E-state index contributed by atoms with van der Waals surface area (Å²) in [6, 6.07) is 5.39. The largest absolute Gasteiger partial charge is 0.508 e. The number of allylic oxidation sites excluding steroid dienone is 4. The second-order valence-electron chi connectivity index (χ2n) is 10.5. The van der Waals surface area contributed by atoms with Gasteiger partial charge in [0, 0.05) is 29.6 Å². The van der Waals surface area contributed by atoms with Crippen LogP contribution in [0.2, 0.25) is 0 Å². The first-order chi connectivity index (χ1) is 17.9. The van der Waals surface area contributed by atoms with E-state index in [1.807, 2.05) is 6.92 Å². The first-order valence-corrected chi connectivity index (χ1v) is 12.7. The Morgan fingerprint density at radius 2 is 1.82 bits per heavy atom. The maximum Gasteiger partial charge on any atom is 0.339 e. The van der Waals surface area contributed by atoms with Gasteiger partial charge >= 0.3 is 5.97 Å². The molecule has 0 saturated carbocycles. The minimum Gasteiger partial charge on any atom is -0.508 e. The quantitative estimate of drug-likeness (QED) is 0.231. The van der Waals surface area contributed by atoms with Gasteiger partial charge in [0.15, 0.2) is 0 Å². The molecule has 4 rings (SSSR count). The van der Waals surface area contributed by atoms with Crippen molar-refractivity contribution in [3.8, 4) is 28.8 Å². The van der Waals surface area contributed by atoms with Crippen LogP contribution in [0.25, 0.3) is 16.5 Å². The summed E-state index contributed by atoms with van der Waals surface area (Å²) < 4.78 is 7.79. The number of aromatic carboxylic acids is 1. The maximum absolute atomic E-state index is 11.3. The smallest absolute Gasteiger partial charge is 0.339 e. The molecule has 1 aliphatic heterocycles. The van der Waals surface area contributed by atoms with Crippen molar-refractivity contribution in [2.45, 2.75) is 71.5 Å². The summed E-state index contributed by atoms with van der Waals surface area (Å²) in [6.07, 6.45) is 8.58. The monoisotopic (exact) mass is 521 g/mol. The van der Waals surface area contributed by atoms with E-state index in [1.54, 1.807) is 6.20 Å². The lowest BCUT2D eigenvalue weighted by molar-refractivity contribution is -0.0581. The van der Waals surface area contributed by atoms with Gasteiger partial charge in [-0.05, 0) is 71.6 Å². The Hall–Kier alpha value is -3.91. The Bertz CT molecular complexity index is 1440. The number of benzene rings is 2. The van der Waals surface area contributed by atoms with E-state index in [0.29, 0.717) is 40.6 Å². The number of phenolic OH excluding ortho intramolecular Hbond substituents is 1. The number of nitrogens with zero attached hydrogens (tertiary/aromatic N) is 1. The number of rotatable bonds is 8. The van der Waals surface area contributed by atoms with E-state index in [0.717, 1.165) is 12.8 Å². The Morgan fingerprint density at radius 1 is 1.08 bits per heavy atom. The van der Waals surface area contributed by atoms with Crippen molar-refractivity contribution >= 4 is 16.7 Å².